The molecule has 1 aliphatic heterocycles. The van der Waals surface area contributed by atoms with Crippen molar-refractivity contribution < 1.29 is 19.8 Å². The highest BCUT2D eigenvalue weighted by Gasteiger charge is 2.19. The number of carboxylic acid groups (broad SMARTS) is 2. The molecule has 2 aromatic carbocycles. The number of hydrogen-bond acceptors (Lipinski definition) is 5. The van der Waals surface area contributed by atoms with Crippen molar-refractivity contribution in [3.8, 4) is 11.1 Å². The van der Waals surface area contributed by atoms with Crippen molar-refractivity contribution in [1.29, 1.82) is 0 Å². The number of fused-ring (bicyclic) bond motifs is 1. The van der Waals surface area contributed by atoms with E-state index in [-0.39, 0.29) is 5.43 Å². The van der Waals surface area contributed by atoms with Crippen LogP contribution in [0.15, 0.2) is 102 Å². The summed E-state index contributed by atoms with van der Waals surface area (Å²) in [6.45, 7) is 7.22. The highest BCUT2D eigenvalue weighted by atomic mass is 16.4. The molecular formula is C32H33N3O5. The molecule has 0 aliphatic carbocycles. The fraction of sp³-hybridized carbons (Fsp3) is 0.219. The van der Waals surface area contributed by atoms with Crippen LogP contribution in [0.25, 0.3) is 16.6 Å². The van der Waals surface area contributed by atoms with Gasteiger partial charge < -0.3 is 19.5 Å². The predicted molar refractivity (Wildman–Crippen MR) is 157 cm³/mol. The van der Waals surface area contributed by atoms with E-state index in [1.54, 1.807) is 12.1 Å². The van der Waals surface area contributed by atoms with Crippen LogP contribution in [0.4, 0.5) is 5.82 Å². The molecule has 0 radical (unpaired) electrons. The largest absolute Gasteiger partial charge is 0.478 e. The maximum absolute atomic E-state index is 12.1. The molecule has 0 atom stereocenters. The van der Waals surface area contributed by atoms with Gasteiger partial charge in [-0.3, -0.25) is 9.69 Å². The Hall–Kier alpha value is -4.69. The smallest absolute Gasteiger partial charge is 0.328 e. The van der Waals surface area contributed by atoms with Crippen molar-refractivity contribution in [1.82, 2.24) is 9.30 Å². The first-order chi connectivity index (χ1) is 19.3. The van der Waals surface area contributed by atoms with Crippen LogP contribution in [0, 0.1) is 6.92 Å². The molecule has 206 valence electrons. The van der Waals surface area contributed by atoms with Gasteiger partial charge in [0, 0.05) is 62.7 Å². The van der Waals surface area contributed by atoms with Crippen molar-refractivity contribution in [2.45, 2.75) is 19.9 Å². The Morgan fingerprint density at radius 1 is 0.825 bits per heavy atom. The summed E-state index contributed by atoms with van der Waals surface area (Å²) in [5.41, 5.74) is 6.11. The first-order valence-electron chi connectivity index (χ1n) is 13.2. The zero-order chi connectivity index (χ0) is 28.5. The van der Waals surface area contributed by atoms with Crippen molar-refractivity contribution in [3.05, 3.63) is 119 Å². The third-order valence-corrected chi connectivity index (χ3v) is 6.74. The monoisotopic (exact) mass is 539 g/mol. The second-order valence-electron chi connectivity index (χ2n) is 9.70. The van der Waals surface area contributed by atoms with Gasteiger partial charge in [0.15, 0.2) is 5.43 Å². The van der Waals surface area contributed by atoms with E-state index in [0.717, 1.165) is 56.0 Å². The molecule has 2 aromatic heterocycles. The molecule has 0 bridgehead atoms. The lowest BCUT2D eigenvalue weighted by Gasteiger charge is -2.23. The first kappa shape index (κ1) is 28.3. The molecule has 4 aromatic rings. The van der Waals surface area contributed by atoms with Gasteiger partial charge in [0.25, 0.3) is 0 Å². The minimum absolute atomic E-state index is 0.0267. The Balaban J connectivity index is 0.000000406. The summed E-state index contributed by atoms with van der Waals surface area (Å²) in [6, 6.07) is 26.9. The summed E-state index contributed by atoms with van der Waals surface area (Å²) >= 11 is 0. The van der Waals surface area contributed by atoms with E-state index in [9.17, 15) is 14.4 Å². The summed E-state index contributed by atoms with van der Waals surface area (Å²) in [7, 11) is 0. The maximum atomic E-state index is 12.1. The molecular weight excluding hydrogens is 506 g/mol. The number of anilines is 1. The molecule has 1 saturated heterocycles. The van der Waals surface area contributed by atoms with Gasteiger partial charge in [-0.25, -0.2) is 9.59 Å². The second kappa shape index (κ2) is 13.4. The highest BCUT2D eigenvalue weighted by molar-refractivity contribution is 5.89. The van der Waals surface area contributed by atoms with Crippen molar-refractivity contribution in [2.24, 2.45) is 0 Å². The number of rotatable bonds is 6. The van der Waals surface area contributed by atoms with Gasteiger partial charge in [0.05, 0.1) is 5.52 Å². The van der Waals surface area contributed by atoms with E-state index in [4.69, 9.17) is 10.2 Å². The molecule has 0 spiro atoms. The molecule has 0 unspecified atom stereocenters. The third kappa shape index (κ3) is 7.68. The second-order valence-corrected chi connectivity index (χ2v) is 9.70. The standard InChI is InChI=1S/C28H29N3O.C4H4O4/c1-22-8-10-23(11-9-22)21-29-15-5-16-30(19-18-29)28-20-26(24-6-3-2-4-7-24)27-13-12-25(32)14-17-31(27)28;5-3(6)1-2-4(7)8/h2-4,6-14,17,20H,5,15-16,18-19,21H2,1H3;1-2H,(H,5,6)(H,7,8). The van der Waals surface area contributed by atoms with Gasteiger partial charge in [-0.05, 0) is 42.7 Å². The van der Waals surface area contributed by atoms with Crippen molar-refractivity contribution in [2.75, 3.05) is 31.1 Å². The van der Waals surface area contributed by atoms with E-state index < -0.39 is 11.9 Å². The van der Waals surface area contributed by atoms with E-state index in [1.807, 2.05) is 18.3 Å². The van der Waals surface area contributed by atoms with Gasteiger partial charge >= 0.3 is 11.9 Å². The van der Waals surface area contributed by atoms with Crippen molar-refractivity contribution in [3.63, 3.8) is 0 Å². The summed E-state index contributed by atoms with van der Waals surface area (Å²) in [4.78, 5) is 36.2. The normalized spacial score (nSPS) is 14.0. The Bertz CT molecular complexity index is 1530. The Labute approximate surface area is 233 Å². The van der Waals surface area contributed by atoms with Crippen molar-refractivity contribution >= 4 is 23.3 Å². The van der Waals surface area contributed by atoms with Crippen LogP contribution >= 0.6 is 0 Å². The average molecular weight is 540 g/mol. The van der Waals surface area contributed by atoms with Crippen LogP contribution in [-0.4, -0.2) is 57.6 Å². The average Bonchev–Trinajstić information content (AvgIpc) is 3.05. The topological polar surface area (TPSA) is 103 Å². The van der Waals surface area contributed by atoms with E-state index >= 15 is 0 Å². The fourth-order valence-electron chi connectivity index (χ4n) is 4.76. The minimum Gasteiger partial charge on any atom is -0.478 e. The van der Waals surface area contributed by atoms with E-state index in [2.05, 4.69) is 75.7 Å². The molecule has 1 fully saturated rings. The van der Waals surface area contributed by atoms with Gasteiger partial charge in [0.2, 0.25) is 0 Å². The van der Waals surface area contributed by atoms with Crippen LogP contribution in [0.3, 0.4) is 0 Å². The Morgan fingerprint density at radius 2 is 1.52 bits per heavy atom. The molecule has 5 rings (SSSR count). The number of aliphatic carboxylic acids is 2. The van der Waals surface area contributed by atoms with Gasteiger partial charge in [0.1, 0.15) is 5.82 Å². The Morgan fingerprint density at radius 3 is 2.20 bits per heavy atom. The van der Waals surface area contributed by atoms with Crippen LogP contribution in [0.1, 0.15) is 17.5 Å². The molecule has 1 aliphatic rings. The minimum atomic E-state index is -1.26. The lowest BCUT2D eigenvalue weighted by Crippen LogP contribution is -2.31. The molecule has 0 saturated carbocycles. The highest BCUT2D eigenvalue weighted by Crippen LogP contribution is 2.32. The molecule has 40 heavy (non-hydrogen) atoms. The predicted octanol–water partition coefficient (Wildman–Crippen LogP) is 4.70. The lowest BCUT2D eigenvalue weighted by molar-refractivity contribution is -0.134. The summed E-state index contributed by atoms with van der Waals surface area (Å²) in [5.74, 6) is -1.36. The van der Waals surface area contributed by atoms with Crippen LogP contribution < -0.4 is 10.3 Å². The van der Waals surface area contributed by atoms with Crippen LogP contribution in [0.5, 0.6) is 0 Å². The van der Waals surface area contributed by atoms with Crippen LogP contribution in [-0.2, 0) is 16.1 Å². The number of aromatic nitrogens is 1. The third-order valence-electron chi connectivity index (χ3n) is 6.74. The summed E-state index contributed by atoms with van der Waals surface area (Å²) in [6.07, 6.45) is 4.16. The molecule has 2 N–H and O–H groups in total. The number of aryl methyl sites for hydroxylation is 1. The zero-order valence-corrected chi connectivity index (χ0v) is 22.4. The van der Waals surface area contributed by atoms with Gasteiger partial charge in [-0.15, -0.1) is 0 Å². The zero-order valence-electron chi connectivity index (χ0n) is 22.4. The Kier molecular flexibility index (Phi) is 9.48. The van der Waals surface area contributed by atoms with E-state index in [0.29, 0.717) is 12.2 Å². The molecule has 0 amide bonds. The number of hydrogen-bond donors (Lipinski definition) is 2. The van der Waals surface area contributed by atoms with E-state index in [1.165, 1.54) is 16.7 Å². The quantitative estimate of drug-likeness (QED) is 0.343. The fourth-order valence-corrected chi connectivity index (χ4v) is 4.76. The summed E-state index contributed by atoms with van der Waals surface area (Å²) < 4.78 is 2.18. The van der Waals surface area contributed by atoms with Gasteiger partial charge in [-0.1, -0.05) is 60.2 Å². The molecule has 8 heteroatoms. The summed E-state index contributed by atoms with van der Waals surface area (Å²) in [5, 5.41) is 15.6. The molecule has 8 nitrogen and oxygen atoms in total. The number of carboxylic acids is 2. The number of carbonyl (C=O) groups is 2. The molecule has 3 heterocycles. The lowest BCUT2D eigenvalue weighted by atomic mass is 10.1. The SMILES string of the molecule is Cc1ccc(CN2CCCN(c3cc(-c4ccccc4)c4ccc(=O)ccn34)CC2)cc1.O=C(O)C=CC(=O)O. The van der Waals surface area contributed by atoms with Gasteiger partial charge in [-0.2, -0.15) is 0 Å². The number of nitrogens with zero attached hydrogens (tertiary/aromatic N) is 3. The maximum Gasteiger partial charge on any atom is 0.328 e. The first-order valence-corrected chi connectivity index (χ1v) is 13.2. The number of benzene rings is 2. The van der Waals surface area contributed by atoms with Crippen LogP contribution in [0.2, 0.25) is 0 Å².